The highest BCUT2D eigenvalue weighted by atomic mass is 16.6. The van der Waals surface area contributed by atoms with Crippen molar-refractivity contribution >= 4 is 28.1 Å². The first-order valence-electron chi connectivity index (χ1n) is 8.47. The van der Waals surface area contributed by atoms with Gasteiger partial charge >= 0.3 is 11.6 Å². The van der Waals surface area contributed by atoms with Gasteiger partial charge in [-0.3, -0.25) is 10.1 Å². The Balaban J connectivity index is 1.76. The minimum Gasteiger partial charge on any atom is -0.433 e. The average molecular weight is 373 g/mol. The average Bonchev–Trinajstić information content (AvgIpc) is 2.68. The zero-order valence-corrected chi connectivity index (χ0v) is 14.9. The molecule has 0 aliphatic heterocycles. The van der Waals surface area contributed by atoms with Crippen molar-refractivity contribution in [3.63, 3.8) is 0 Å². The number of fused-ring (bicyclic) bond motifs is 1. The van der Waals surface area contributed by atoms with Crippen molar-refractivity contribution in [1.82, 2.24) is 15.0 Å². The van der Waals surface area contributed by atoms with Crippen LogP contribution in [0.2, 0.25) is 0 Å². The smallest absolute Gasteiger partial charge is 0.373 e. The summed E-state index contributed by atoms with van der Waals surface area (Å²) in [5.41, 5.74) is 0.410. The highest BCUT2D eigenvalue weighted by Crippen LogP contribution is 2.37. The van der Waals surface area contributed by atoms with Crippen molar-refractivity contribution in [2.45, 2.75) is 6.92 Å². The summed E-state index contributed by atoms with van der Waals surface area (Å²) in [6.45, 7) is 1.83. The van der Waals surface area contributed by atoms with Gasteiger partial charge in [0.25, 0.3) is 0 Å². The molecule has 8 nitrogen and oxygen atoms in total. The highest BCUT2D eigenvalue weighted by Gasteiger charge is 2.26. The van der Waals surface area contributed by atoms with Crippen LogP contribution in [-0.4, -0.2) is 19.9 Å². The van der Waals surface area contributed by atoms with E-state index in [-0.39, 0.29) is 17.4 Å². The second kappa shape index (κ2) is 7.28. The van der Waals surface area contributed by atoms with E-state index in [1.807, 2.05) is 49.4 Å². The highest BCUT2D eigenvalue weighted by molar-refractivity contribution is 5.88. The summed E-state index contributed by atoms with van der Waals surface area (Å²) in [6.07, 6.45) is 1.21. The van der Waals surface area contributed by atoms with Crippen LogP contribution < -0.4 is 10.1 Å². The van der Waals surface area contributed by atoms with E-state index >= 15 is 0 Å². The molecule has 0 aliphatic rings. The predicted molar refractivity (Wildman–Crippen MR) is 105 cm³/mol. The van der Waals surface area contributed by atoms with Crippen molar-refractivity contribution in [2.24, 2.45) is 0 Å². The van der Waals surface area contributed by atoms with Gasteiger partial charge in [-0.1, -0.05) is 42.5 Å². The molecule has 8 heteroatoms. The second-order valence-electron chi connectivity index (χ2n) is 6.00. The first kappa shape index (κ1) is 17.3. The molecule has 0 saturated heterocycles. The Morgan fingerprint density at radius 1 is 1.00 bits per heavy atom. The molecule has 0 saturated carbocycles. The molecule has 4 aromatic rings. The monoisotopic (exact) mass is 373 g/mol. The molecule has 0 radical (unpaired) electrons. The van der Waals surface area contributed by atoms with Crippen molar-refractivity contribution in [3.8, 4) is 11.6 Å². The molecule has 28 heavy (non-hydrogen) atoms. The third-order valence-electron chi connectivity index (χ3n) is 4.06. The first-order chi connectivity index (χ1) is 13.6. The van der Waals surface area contributed by atoms with E-state index in [1.54, 1.807) is 18.2 Å². The van der Waals surface area contributed by atoms with Crippen molar-refractivity contribution in [3.05, 3.63) is 82.8 Å². The summed E-state index contributed by atoms with van der Waals surface area (Å²) >= 11 is 0. The van der Waals surface area contributed by atoms with Crippen LogP contribution in [0.15, 0.2) is 67.0 Å². The first-order valence-corrected chi connectivity index (χ1v) is 8.47. The van der Waals surface area contributed by atoms with E-state index in [4.69, 9.17) is 4.74 Å². The number of aryl methyl sites for hydroxylation is 1. The van der Waals surface area contributed by atoms with Crippen molar-refractivity contribution in [2.75, 3.05) is 5.32 Å². The van der Waals surface area contributed by atoms with Gasteiger partial charge in [0.05, 0.1) is 4.92 Å². The Labute approximate surface area is 160 Å². The maximum atomic E-state index is 11.7. The minimum absolute atomic E-state index is 0.00772. The summed E-state index contributed by atoms with van der Waals surface area (Å²) in [4.78, 5) is 23.4. The van der Waals surface area contributed by atoms with Crippen molar-refractivity contribution in [1.29, 1.82) is 0 Å². The van der Waals surface area contributed by atoms with Crippen LogP contribution in [0.4, 0.5) is 17.3 Å². The Bertz CT molecular complexity index is 1170. The molecule has 0 aliphatic carbocycles. The fourth-order valence-corrected chi connectivity index (χ4v) is 2.82. The lowest BCUT2D eigenvalue weighted by atomic mass is 10.1. The topological polar surface area (TPSA) is 103 Å². The molecular formula is C20H15N5O3. The lowest BCUT2D eigenvalue weighted by Crippen LogP contribution is -2.04. The summed E-state index contributed by atoms with van der Waals surface area (Å²) in [5, 5.41) is 16.4. The van der Waals surface area contributed by atoms with Gasteiger partial charge in [0, 0.05) is 11.1 Å². The quantitative estimate of drug-likeness (QED) is 0.397. The zero-order chi connectivity index (χ0) is 19.5. The molecule has 0 atom stereocenters. The molecule has 2 aromatic carbocycles. The Morgan fingerprint density at radius 2 is 1.79 bits per heavy atom. The van der Waals surface area contributed by atoms with Crippen LogP contribution >= 0.6 is 0 Å². The molecule has 4 rings (SSSR count). The van der Waals surface area contributed by atoms with Crippen LogP contribution in [0.1, 0.15) is 5.69 Å². The molecule has 2 aromatic heterocycles. The number of aromatic nitrogens is 3. The number of benzene rings is 2. The molecule has 0 unspecified atom stereocenters. The third kappa shape index (κ3) is 3.43. The zero-order valence-electron chi connectivity index (χ0n) is 14.9. The number of anilines is 2. The van der Waals surface area contributed by atoms with Crippen LogP contribution in [0.3, 0.4) is 0 Å². The van der Waals surface area contributed by atoms with E-state index in [1.165, 1.54) is 6.33 Å². The van der Waals surface area contributed by atoms with Gasteiger partial charge in [-0.05, 0) is 30.5 Å². The third-order valence-corrected chi connectivity index (χ3v) is 4.06. The lowest BCUT2D eigenvalue weighted by Gasteiger charge is -2.10. The van der Waals surface area contributed by atoms with Crippen LogP contribution in [-0.2, 0) is 0 Å². The van der Waals surface area contributed by atoms with Crippen LogP contribution in [0.25, 0.3) is 10.8 Å². The summed E-state index contributed by atoms with van der Waals surface area (Å²) in [5.74, 6) is 0.775. The molecule has 0 fully saturated rings. The van der Waals surface area contributed by atoms with Gasteiger partial charge in [0.15, 0.2) is 0 Å². The van der Waals surface area contributed by atoms with E-state index in [0.29, 0.717) is 11.6 Å². The molecule has 138 valence electrons. The van der Waals surface area contributed by atoms with Gasteiger partial charge in [-0.2, -0.15) is 4.98 Å². The molecule has 0 spiro atoms. The van der Waals surface area contributed by atoms with Gasteiger partial charge in [-0.15, -0.1) is 0 Å². The number of hydrogen-bond donors (Lipinski definition) is 1. The Hall–Kier alpha value is -4.07. The molecule has 1 N–H and O–H groups in total. The van der Waals surface area contributed by atoms with Gasteiger partial charge in [-0.25, -0.2) is 9.97 Å². The SMILES string of the molecule is Cc1cccc(Nc2ncnc(Oc3cccc4ccccc34)c2[N+](=O)[O-])n1. The van der Waals surface area contributed by atoms with Gasteiger partial charge in [0.1, 0.15) is 17.9 Å². The largest absolute Gasteiger partial charge is 0.433 e. The summed E-state index contributed by atoms with van der Waals surface area (Å²) in [6, 6.07) is 18.4. The van der Waals surface area contributed by atoms with E-state index in [9.17, 15) is 10.1 Å². The Kier molecular flexibility index (Phi) is 4.51. The van der Waals surface area contributed by atoms with Gasteiger partial charge in [0.2, 0.25) is 5.82 Å². The lowest BCUT2D eigenvalue weighted by molar-refractivity contribution is -0.385. The number of nitrogens with zero attached hydrogens (tertiary/aromatic N) is 4. The van der Waals surface area contributed by atoms with Gasteiger partial charge < -0.3 is 10.1 Å². The van der Waals surface area contributed by atoms with Crippen LogP contribution in [0, 0.1) is 17.0 Å². The molecule has 0 amide bonds. The number of ether oxygens (including phenoxy) is 1. The Morgan fingerprint density at radius 3 is 2.61 bits per heavy atom. The molecule has 0 bridgehead atoms. The van der Waals surface area contributed by atoms with E-state index in [2.05, 4.69) is 20.3 Å². The number of hydrogen-bond acceptors (Lipinski definition) is 7. The second-order valence-corrected chi connectivity index (χ2v) is 6.00. The molecule has 2 heterocycles. The van der Waals surface area contributed by atoms with E-state index in [0.717, 1.165) is 16.5 Å². The van der Waals surface area contributed by atoms with Crippen LogP contribution in [0.5, 0.6) is 11.6 Å². The minimum atomic E-state index is -0.571. The number of nitro groups is 1. The normalized spacial score (nSPS) is 10.6. The number of nitrogens with one attached hydrogen (secondary N) is 1. The number of pyridine rings is 1. The maximum absolute atomic E-state index is 11.7. The summed E-state index contributed by atoms with van der Waals surface area (Å²) in [7, 11) is 0. The standard InChI is InChI=1S/C20H15N5O3/c1-13-6-4-11-17(23-13)24-19-18(25(26)27)20(22-12-21-19)28-16-10-5-8-14-7-2-3-9-15(14)16/h2-12H,1H3,(H,21,22,23,24). The maximum Gasteiger partial charge on any atom is 0.373 e. The predicted octanol–water partition coefficient (Wildman–Crippen LogP) is 4.78. The van der Waals surface area contributed by atoms with Crippen molar-refractivity contribution < 1.29 is 9.66 Å². The molecular weight excluding hydrogens is 358 g/mol. The summed E-state index contributed by atoms with van der Waals surface area (Å²) < 4.78 is 5.83. The fraction of sp³-hybridized carbons (Fsp3) is 0.0500. The van der Waals surface area contributed by atoms with E-state index < -0.39 is 4.92 Å². The number of rotatable bonds is 5. The fourth-order valence-electron chi connectivity index (χ4n) is 2.82.